The van der Waals surface area contributed by atoms with Gasteiger partial charge in [-0.2, -0.15) is 0 Å². The number of anilines is 1. The largest absolute Gasteiger partial charge is 0.328 e. The van der Waals surface area contributed by atoms with Crippen molar-refractivity contribution in [3.05, 3.63) is 72.3 Å². The molecule has 1 aromatic heterocycles. The van der Waals surface area contributed by atoms with E-state index in [0.29, 0.717) is 10.7 Å². The van der Waals surface area contributed by atoms with Crippen molar-refractivity contribution < 1.29 is 4.79 Å². The minimum absolute atomic E-state index is 0.124. The molecule has 0 unspecified atom stereocenters. The van der Waals surface area contributed by atoms with Crippen molar-refractivity contribution in [2.75, 3.05) is 5.32 Å². The van der Waals surface area contributed by atoms with Crippen LogP contribution < -0.4 is 5.32 Å². The van der Waals surface area contributed by atoms with Gasteiger partial charge in [-0.3, -0.25) is 4.79 Å². The number of nitrogens with one attached hydrogen (secondary N) is 1. The quantitative estimate of drug-likeness (QED) is 0.795. The van der Waals surface area contributed by atoms with Gasteiger partial charge in [-0.15, -0.1) is 0 Å². The summed E-state index contributed by atoms with van der Waals surface area (Å²) in [6, 6.07) is 15.4. The van der Waals surface area contributed by atoms with Crippen molar-refractivity contribution in [1.82, 2.24) is 9.55 Å². The fourth-order valence-corrected chi connectivity index (χ4v) is 2.48. The highest BCUT2D eigenvalue weighted by Gasteiger charge is 2.07. The van der Waals surface area contributed by atoms with Crippen LogP contribution in [0.25, 0.3) is 11.1 Å². The van der Waals surface area contributed by atoms with Crippen LogP contribution in [0.15, 0.2) is 67.3 Å². The van der Waals surface area contributed by atoms with E-state index in [0.717, 1.165) is 11.1 Å². The maximum atomic E-state index is 11.9. The van der Waals surface area contributed by atoms with Crippen molar-refractivity contribution in [2.45, 2.75) is 6.54 Å². The second kappa shape index (κ2) is 6.45. The van der Waals surface area contributed by atoms with Crippen LogP contribution >= 0.6 is 11.6 Å². The molecule has 1 N–H and O–H groups in total. The first-order chi connectivity index (χ1) is 10.7. The predicted molar refractivity (Wildman–Crippen MR) is 87.7 cm³/mol. The van der Waals surface area contributed by atoms with Crippen LogP contribution in [0.3, 0.4) is 0 Å². The molecular weight excluding hydrogens is 298 g/mol. The molecule has 0 aliphatic heterocycles. The maximum absolute atomic E-state index is 11.9. The number of rotatable bonds is 4. The van der Waals surface area contributed by atoms with Crippen molar-refractivity contribution in [3.63, 3.8) is 0 Å². The lowest BCUT2D eigenvalue weighted by molar-refractivity contribution is -0.116. The number of hydrogen-bond donors (Lipinski definition) is 1. The molecule has 1 heterocycles. The highest BCUT2D eigenvalue weighted by atomic mass is 35.5. The molecule has 3 rings (SSSR count). The van der Waals surface area contributed by atoms with E-state index in [9.17, 15) is 4.79 Å². The Balaban J connectivity index is 1.73. The van der Waals surface area contributed by atoms with Crippen LogP contribution in [0.4, 0.5) is 5.69 Å². The summed E-state index contributed by atoms with van der Waals surface area (Å²) in [5, 5.41) is 3.43. The number of carbonyl (C=O) groups excluding carboxylic acids is 1. The molecule has 0 saturated heterocycles. The molecule has 22 heavy (non-hydrogen) atoms. The Hall–Kier alpha value is -2.59. The molecule has 5 heteroatoms. The number of hydrogen-bond acceptors (Lipinski definition) is 2. The first-order valence-electron chi connectivity index (χ1n) is 6.83. The van der Waals surface area contributed by atoms with Gasteiger partial charge in [0.2, 0.25) is 5.91 Å². The number of halogens is 1. The molecule has 0 atom stereocenters. The molecule has 0 aliphatic rings. The number of imidazole rings is 1. The summed E-state index contributed by atoms with van der Waals surface area (Å²) in [5.74, 6) is -0.124. The van der Waals surface area contributed by atoms with Crippen LogP contribution in [0.1, 0.15) is 0 Å². The SMILES string of the molecule is O=C(Cn1ccnc1)Nc1ccc(-c2ccccc2)c(Cl)c1. The van der Waals surface area contributed by atoms with Crippen LogP contribution in [-0.2, 0) is 11.3 Å². The zero-order chi connectivity index (χ0) is 15.4. The highest BCUT2D eigenvalue weighted by molar-refractivity contribution is 6.33. The number of benzene rings is 2. The monoisotopic (exact) mass is 311 g/mol. The molecule has 0 radical (unpaired) electrons. The third-order valence-electron chi connectivity index (χ3n) is 3.22. The van der Waals surface area contributed by atoms with E-state index in [1.54, 1.807) is 29.4 Å². The Kier molecular flexibility index (Phi) is 4.21. The summed E-state index contributed by atoms with van der Waals surface area (Å²) in [4.78, 5) is 15.8. The second-order valence-electron chi connectivity index (χ2n) is 4.84. The molecule has 0 bridgehead atoms. The molecule has 4 nitrogen and oxygen atoms in total. The summed E-state index contributed by atoms with van der Waals surface area (Å²) in [7, 11) is 0. The summed E-state index contributed by atoms with van der Waals surface area (Å²) < 4.78 is 1.70. The summed E-state index contributed by atoms with van der Waals surface area (Å²) in [5.41, 5.74) is 2.66. The molecule has 0 fully saturated rings. The summed E-state index contributed by atoms with van der Waals surface area (Å²) >= 11 is 6.32. The van der Waals surface area contributed by atoms with Crippen LogP contribution in [-0.4, -0.2) is 15.5 Å². The zero-order valence-electron chi connectivity index (χ0n) is 11.7. The van der Waals surface area contributed by atoms with Crippen molar-refractivity contribution in [1.29, 1.82) is 0 Å². The molecule has 2 aromatic carbocycles. The fraction of sp³-hybridized carbons (Fsp3) is 0.0588. The van der Waals surface area contributed by atoms with E-state index in [4.69, 9.17) is 11.6 Å². The lowest BCUT2D eigenvalue weighted by Gasteiger charge is -2.09. The third kappa shape index (κ3) is 3.35. The molecule has 0 saturated carbocycles. The molecule has 110 valence electrons. The summed E-state index contributed by atoms with van der Waals surface area (Å²) in [6.45, 7) is 0.220. The number of carbonyl (C=O) groups is 1. The maximum Gasteiger partial charge on any atom is 0.244 e. The zero-order valence-corrected chi connectivity index (χ0v) is 12.5. The molecule has 0 spiro atoms. The van der Waals surface area contributed by atoms with Gasteiger partial charge in [-0.1, -0.05) is 48.0 Å². The first-order valence-corrected chi connectivity index (χ1v) is 7.21. The van der Waals surface area contributed by atoms with Gasteiger partial charge in [-0.05, 0) is 17.7 Å². The normalized spacial score (nSPS) is 10.4. The Morgan fingerprint density at radius 2 is 2.00 bits per heavy atom. The van der Waals surface area contributed by atoms with Crippen LogP contribution in [0.5, 0.6) is 0 Å². The van der Waals surface area contributed by atoms with E-state index in [1.165, 1.54) is 0 Å². The van der Waals surface area contributed by atoms with Gasteiger partial charge in [0.25, 0.3) is 0 Å². The van der Waals surface area contributed by atoms with Crippen LogP contribution in [0.2, 0.25) is 5.02 Å². The molecule has 0 aliphatic carbocycles. The minimum atomic E-state index is -0.124. The Bertz CT molecular complexity index is 770. The van der Waals surface area contributed by atoms with Crippen molar-refractivity contribution in [2.24, 2.45) is 0 Å². The molecule has 1 amide bonds. The fourth-order valence-electron chi connectivity index (χ4n) is 2.19. The highest BCUT2D eigenvalue weighted by Crippen LogP contribution is 2.30. The smallest absolute Gasteiger partial charge is 0.244 e. The topological polar surface area (TPSA) is 46.9 Å². The Morgan fingerprint density at radius 3 is 2.68 bits per heavy atom. The van der Waals surface area contributed by atoms with Gasteiger partial charge in [0, 0.05) is 23.6 Å². The summed E-state index contributed by atoms with van der Waals surface area (Å²) in [6.07, 6.45) is 4.98. The van der Waals surface area contributed by atoms with Gasteiger partial charge in [0.15, 0.2) is 0 Å². The average molecular weight is 312 g/mol. The van der Waals surface area contributed by atoms with E-state index in [1.807, 2.05) is 42.5 Å². The van der Waals surface area contributed by atoms with E-state index in [-0.39, 0.29) is 12.5 Å². The average Bonchev–Trinajstić information content (AvgIpc) is 3.01. The van der Waals surface area contributed by atoms with Crippen molar-refractivity contribution >= 4 is 23.2 Å². The molecular formula is C17H14ClN3O. The predicted octanol–water partition coefficient (Wildman–Crippen LogP) is 3.84. The standard InChI is InChI=1S/C17H14ClN3O/c18-16-10-14(20-17(22)11-21-9-8-19-12-21)6-7-15(16)13-4-2-1-3-5-13/h1-10,12H,11H2,(H,20,22). The van der Waals surface area contributed by atoms with Gasteiger partial charge in [0.05, 0.1) is 11.3 Å². The van der Waals surface area contributed by atoms with Gasteiger partial charge in [0.1, 0.15) is 6.54 Å². The second-order valence-corrected chi connectivity index (χ2v) is 5.25. The van der Waals surface area contributed by atoms with E-state index >= 15 is 0 Å². The Morgan fingerprint density at radius 1 is 1.18 bits per heavy atom. The first kappa shape index (κ1) is 14.4. The van der Waals surface area contributed by atoms with Gasteiger partial charge in [-0.25, -0.2) is 4.98 Å². The van der Waals surface area contributed by atoms with Gasteiger partial charge >= 0.3 is 0 Å². The lowest BCUT2D eigenvalue weighted by atomic mass is 10.1. The van der Waals surface area contributed by atoms with E-state index < -0.39 is 0 Å². The third-order valence-corrected chi connectivity index (χ3v) is 3.54. The van der Waals surface area contributed by atoms with E-state index in [2.05, 4.69) is 10.3 Å². The van der Waals surface area contributed by atoms with Gasteiger partial charge < -0.3 is 9.88 Å². The number of amides is 1. The lowest BCUT2D eigenvalue weighted by Crippen LogP contribution is -2.17. The van der Waals surface area contributed by atoms with Crippen molar-refractivity contribution in [3.8, 4) is 11.1 Å². The minimum Gasteiger partial charge on any atom is -0.328 e. The number of nitrogens with zero attached hydrogens (tertiary/aromatic N) is 2. The Labute approximate surface area is 133 Å². The molecule has 3 aromatic rings. The van der Waals surface area contributed by atoms with Crippen LogP contribution in [0, 0.1) is 0 Å². The number of aromatic nitrogens is 2.